The molecule has 0 atom stereocenters. The maximum absolute atomic E-state index is 13.7. The van der Waals surface area contributed by atoms with Crippen molar-refractivity contribution in [2.24, 2.45) is 0 Å². The zero-order valence-corrected chi connectivity index (χ0v) is 18.9. The molecular formula is C24H14BrF3O6. The second-order valence-electron chi connectivity index (χ2n) is 6.92. The van der Waals surface area contributed by atoms with Crippen LogP contribution in [0.25, 0.3) is 11.0 Å². The van der Waals surface area contributed by atoms with E-state index in [0.717, 1.165) is 10.5 Å². The first-order valence-corrected chi connectivity index (χ1v) is 10.4. The van der Waals surface area contributed by atoms with Crippen molar-refractivity contribution in [3.63, 3.8) is 0 Å². The van der Waals surface area contributed by atoms with E-state index >= 15 is 0 Å². The number of carbonyl (C=O) groups excluding carboxylic acids is 1. The van der Waals surface area contributed by atoms with E-state index in [4.69, 9.17) is 18.6 Å². The van der Waals surface area contributed by atoms with E-state index in [1.807, 2.05) is 0 Å². The fraction of sp³-hybridized carbons (Fsp3) is 0.0833. The Balaban J connectivity index is 1.74. The molecule has 0 radical (unpaired) electrons. The summed E-state index contributed by atoms with van der Waals surface area (Å²) in [5.41, 5.74) is -1.23. The predicted octanol–water partition coefficient (Wildman–Crippen LogP) is 6.59. The standard InChI is InChI=1S/C24H14BrF3O6/c1-31-15-3-2-4-16(11-15)32-21-20(29)18-10-9-17(12-19(18)34-22(21)24(26,27)28)33-23(30)13-5-7-14(25)8-6-13/h2-12H,1H3. The van der Waals surface area contributed by atoms with E-state index in [1.54, 1.807) is 18.2 Å². The summed E-state index contributed by atoms with van der Waals surface area (Å²) in [6.45, 7) is 0. The Morgan fingerprint density at radius 3 is 2.32 bits per heavy atom. The van der Waals surface area contributed by atoms with E-state index in [2.05, 4.69) is 15.9 Å². The molecule has 1 heterocycles. The third-order valence-corrected chi connectivity index (χ3v) is 5.16. The number of methoxy groups -OCH3 is 1. The summed E-state index contributed by atoms with van der Waals surface area (Å²) in [7, 11) is 1.38. The van der Waals surface area contributed by atoms with Gasteiger partial charge in [-0.25, -0.2) is 4.79 Å². The Hall–Kier alpha value is -3.79. The second-order valence-corrected chi connectivity index (χ2v) is 7.84. The van der Waals surface area contributed by atoms with Crippen LogP contribution in [-0.4, -0.2) is 13.1 Å². The Kier molecular flexibility index (Phi) is 6.34. The zero-order valence-electron chi connectivity index (χ0n) is 17.3. The topological polar surface area (TPSA) is 75.0 Å². The zero-order chi connectivity index (χ0) is 24.5. The third kappa shape index (κ3) is 4.91. The molecule has 0 fully saturated rings. The SMILES string of the molecule is COc1cccc(Oc2c(C(F)(F)F)oc3cc(OC(=O)c4ccc(Br)cc4)ccc3c2=O)c1. The molecule has 0 unspecified atom stereocenters. The number of rotatable bonds is 5. The van der Waals surface area contributed by atoms with Crippen LogP contribution in [0.3, 0.4) is 0 Å². The molecule has 1 aromatic heterocycles. The van der Waals surface area contributed by atoms with Crippen molar-refractivity contribution in [2.45, 2.75) is 6.18 Å². The van der Waals surface area contributed by atoms with Gasteiger partial charge in [0.1, 0.15) is 22.8 Å². The smallest absolute Gasteiger partial charge is 0.453 e. The number of carbonyl (C=O) groups is 1. The molecule has 0 saturated carbocycles. The summed E-state index contributed by atoms with van der Waals surface area (Å²) in [6, 6.07) is 15.6. The lowest BCUT2D eigenvalue weighted by Gasteiger charge is -2.14. The lowest BCUT2D eigenvalue weighted by Crippen LogP contribution is -2.15. The molecule has 4 aromatic rings. The molecule has 0 N–H and O–H groups in total. The molecule has 0 aliphatic heterocycles. The molecular weight excluding hydrogens is 521 g/mol. The third-order valence-electron chi connectivity index (χ3n) is 4.63. The number of hydrogen-bond donors (Lipinski definition) is 0. The van der Waals surface area contributed by atoms with Gasteiger partial charge in [0.15, 0.2) is 0 Å². The Labute approximate surface area is 198 Å². The van der Waals surface area contributed by atoms with Crippen LogP contribution in [0.15, 0.2) is 80.4 Å². The summed E-state index contributed by atoms with van der Waals surface area (Å²) < 4.78 is 62.5. The van der Waals surface area contributed by atoms with Gasteiger partial charge in [0.2, 0.25) is 11.2 Å². The highest BCUT2D eigenvalue weighted by Gasteiger charge is 2.40. The minimum absolute atomic E-state index is 0.0449. The quantitative estimate of drug-likeness (QED) is 0.212. The van der Waals surface area contributed by atoms with Crippen molar-refractivity contribution in [1.82, 2.24) is 0 Å². The van der Waals surface area contributed by atoms with Crippen LogP contribution in [0.1, 0.15) is 16.1 Å². The van der Waals surface area contributed by atoms with Crippen LogP contribution >= 0.6 is 15.9 Å². The maximum Gasteiger partial charge on any atom is 0.453 e. The minimum Gasteiger partial charge on any atom is -0.497 e. The van der Waals surface area contributed by atoms with Crippen LogP contribution in [0.4, 0.5) is 13.2 Å². The van der Waals surface area contributed by atoms with E-state index in [0.29, 0.717) is 5.75 Å². The minimum atomic E-state index is -5.04. The summed E-state index contributed by atoms with van der Waals surface area (Å²) >= 11 is 3.25. The molecule has 174 valence electrons. The summed E-state index contributed by atoms with van der Waals surface area (Å²) in [5, 5.41) is -0.186. The molecule has 34 heavy (non-hydrogen) atoms. The van der Waals surface area contributed by atoms with Gasteiger partial charge in [0, 0.05) is 16.6 Å². The average molecular weight is 535 g/mol. The van der Waals surface area contributed by atoms with Crippen molar-refractivity contribution in [3.05, 3.63) is 92.7 Å². The number of hydrogen-bond acceptors (Lipinski definition) is 6. The lowest BCUT2D eigenvalue weighted by molar-refractivity contribution is -0.154. The molecule has 6 nitrogen and oxygen atoms in total. The molecule has 0 aliphatic rings. The van der Waals surface area contributed by atoms with Gasteiger partial charge >= 0.3 is 12.1 Å². The van der Waals surface area contributed by atoms with Gasteiger partial charge in [0.25, 0.3) is 5.76 Å². The number of benzene rings is 3. The predicted molar refractivity (Wildman–Crippen MR) is 120 cm³/mol. The Bertz CT molecular complexity index is 1430. The van der Waals surface area contributed by atoms with Gasteiger partial charge in [-0.1, -0.05) is 22.0 Å². The van der Waals surface area contributed by atoms with Crippen LogP contribution in [0.5, 0.6) is 23.0 Å². The fourth-order valence-corrected chi connectivity index (χ4v) is 3.30. The second kappa shape index (κ2) is 9.22. The summed E-state index contributed by atoms with van der Waals surface area (Å²) in [5.74, 6) is -3.19. The first kappa shape index (κ1) is 23.4. The molecule has 0 aliphatic carbocycles. The normalized spacial score (nSPS) is 11.3. The molecule has 4 rings (SSSR count). The van der Waals surface area contributed by atoms with Crippen LogP contribution in [-0.2, 0) is 6.18 Å². The van der Waals surface area contributed by atoms with Crippen LogP contribution in [0, 0.1) is 0 Å². The van der Waals surface area contributed by atoms with E-state index in [9.17, 15) is 22.8 Å². The van der Waals surface area contributed by atoms with E-state index in [-0.39, 0.29) is 22.4 Å². The van der Waals surface area contributed by atoms with Gasteiger partial charge in [-0.3, -0.25) is 4.79 Å². The largest absolute Gasteiger partial charge is 0.497 e. The van der Waals surface area contributed by atoms with Gasteiger partial charge in [-0.15, -0.1) is 0 Å². The Morgan fingerprint density at radius 2 is 1.65 bits per heavy atom. The van der Waals surface area contributed by atoms with Crippen molar-refractivity contribution in [2.75, 3.05) is 7.11 Å². The first-order valence-electron chi connectivity index (χ1n) is 9.63. The van der Waals surface area contributed by atoms with Crippen LogP contribution in [0.2, 0.25) is 0 Å². The van der Waals surface area contributed by atoms with E-state index < -0.39 is 34.7 Å². The van der Waals surface area contributed by atoms with Crippen LogP contribution < -0.4 is 19.6 Å². The highest BCUT2D eigenvalue weighted by molar-refractivity contribution is 9.10. The maximum atomic E-state index is 13.7. The fourth-order valence-electron chi connectivity index (χ4n) is 3.03. The highest BCUT2D eigenvalue weighted by atomic mass is 79.9. The first-order chi connectivity index (χ1) is 16.2. The number of fused-ring (bicyclic) bond motifs is 1. The molecule has 0 amide bonds. The summed E-state index contributed by atoms with van der Waals surface area (Å²) in [4.78, 5) is 25.2. The molecule has 0 spiro atoms. The van der Waals surface area contributed by atoms with Gasteiger partial charge in [-0.05, 0) is 48.5 Å². The van der Waals surface area contributed by atoms with Gasteiger partial charge in [0.05, 0.1) is 18.1 Å². The molecule has 3 aromatic carbocycles. The van der Waals surface area contributed by atoms with Crippen molar-refractivity contribution in [1.29, 1.82) is 0 Å². The van der Waals surface area contributed by atoms with Crippen molar-refractivity contribution < 1.29 is 36.6 Å². The number of ether oxygens (including phenoxy) is 3. The highest BCUT2D eigenvalue weighted by Crippen LogP contribution is 2.39. The van der Waals surface area contributed by atoms with E-state index in [1.165, 1.54) is 49.6 Å². The van der Waals surface area contributed by atoms with Crippen molar-refractivity contribution in [3.8, 4) is 23.0 Å². The monoisotopic (exact) mass is 534 g/mol. The summed E-state index contributed by atoms with van der Waals surface area (Å²) in [6.07, 6.45) is -5.04. The van der Waals surface area contributed by atoms with Gasteiger partial charge in [-0.2, -0.15) is 13.2 Å². The molecule has 10 heteroatoms. The molecule has 0 bridgehead atoms. The number of esters is 1. The molecule has 0 saturated heterocycles. The van der Waals surface area contributed by atoms with Gasteiger partial charge < -0.3 is 18.6 Å². The van der Waals surface area contributed by atoms with Crippen molar-refractivity contribution >= 4 is 32.9 Å². The Morgan fingerprint density at radius 1 is 0.941 bits per heavy atom. The number of alkyl halides is 3. The lowest BCUT2D eigenvalue weighted by atomic mass is 10.2. The number of halogens is 4. The average Bonchev–Trinajstić information content (AvgIpc) is 2.80.